The molecule has 100 valence electrons. The van der Waals surface area contributed by atoms with Crippen LogP contribution in [-0.2, 0) is 6.54 Å². The third-order valence-corrected chi connectivity index (χ3v) is 5.11. The number of thioether (sulfide) groups is 1. The largest absolute Gasteiger partial charge is 0.387 e. The molecule has 1 aromatic heterocycles. The lowest BCUT2D eigenvalue weighted by Gasteiger charge is -2.21. The Hall–Kier alpha value is -0.720. The van der Waals surface area contributed by atoms with E-state index < -0.39 is 5.60 Å². The van der Waals surface area contributed by atoms with Crippen molar-refractivity contribution in [3.8, 4) is 0 Å². The number of aryl methyl sites for hydroxylation is 1. The highest BCUT2D eigenvalue weighted by Crippen LogP contribution is 2.26. The molecule has 1 aromatic rings. The van der Waals surface area contributed by atoms with Crippen LogP contribution in [-0.4, -0.2) is 34.8 Å². The number of hydrogen-bond acceptors (Lipinski definition) is 4. The molecule has 1 fully saturated rings. The van der Waals surface area contributed by atoms with Crippen LogP contribution in [0.4, 0.5) is 4.79 Å². The number of urea groups is 1. The van der Waals surface area contributed by atoms with Crippen molar-refractivity contribution in [3.63, 3.8) is 0 Å². The van der Waals surface area contributed by atoms with Crippen LogP contribution >= 0.6 is 23.1 Å². The van der Waals surface area contributed by atoms with Crippen molar-refractivity contribution in [3.05, 3.63) is 21.9 Å². The molecular formula is C12H18N2O2S2. The first-order valence-electron chi connectivity index (χ1n) is 5.95. The van der Waals surface area contributed by atoms with Crippen molar-refractivity contribution in [1.29, 1.82) is 0 Å². The summed E-state index contributed by atoms with van der Waals surface area (Å²) in [6.07, 6.45) is 0.752. The summed E-state index contributed by atoms with van der Waals surface area (Å²) < 4.78 is 0. The average Bonchev–Trinajstić information content (AvgIpc) is 2.94. The maximum absolute atomic E-state index is 11.6. The molecule has 18 heavy (non-hydrogen) atoms. The summed E-state index contributed by atoms with van der Waals surface area (Å²) in [6.45, 7) is 2.91. The van der Waals surface area contributed by atoms with Gasteiger partial charge in [0, 0.05) is 22.1 Å². The van der Waals surface area contributed by atoms with Gasteiger partial charge in [0.15, 0.2) is 0 Å². The average molecular weight is 286 g/mol. The Morgan fingerprint density at radius 2 is 2.33 bits per heavy atom. The zero-order chi connectivity index (χ0) is 13.0. The predicted molar refractivity (Wildman–Crippen MR) is 76.2 cm³/mol. The highest BCUT2D eigenvalue weighted by atomic mass is 32.2. The van der Waals surface area contributed by atoms with E-state index in [9.17, 15) is 9.90 Å². The van der Waals surface area contributed by atoms with Crippen molar-refractivity contribution in [2.75, 3.05) is 18.1 Å². The lowest BCUT2D eigenvalue weighted by atomic mass is 10.0. The van der Waals surface area contributed by atoms with Crippen LogP contribution < -0.4 is 10.6 Å². The van der Waals surface area contributed by atoms with Crippen LogP contribution in [0.5, 0.6) is 0 Å². The van der Waals surface area contributed by atoms with E-state index in [2.05, 4.69) is 10.6 Å². The molecule has 3 N–H and O–H groups in total. The monoisotopic (exact) mass is 286 g/mol. The van der Waals surface area contributed by atoms with Gasteiger partial charge in [-0.05, 0) is 31.2 Å². The van der Waals surface area contributed by atoms with Gasteiger partial charge in [-0.2, -0.15) is 11.8 Å². The summed E-state index contributed by atoms with van der Waals surface area (Å²) >= 11 is 3.40. The van der Waals surface area contributed by atoms with Crippen molar-refractivity contribution < 1.29 is 9.90 Å². The van der Waals surface area contributed by atoms with E-state index in [-0.39, 0.29) is 6.03 Å². The molecule has 0 saturated carbocycles. The number of aliphatic hydroxyl groups is 1. The second-order valence-electron chi connectivity index (χ2n) is 4.58. The standard InChI is InChI=1S/C12H18N2O2S2/c1-9-2-3-10(18-9)6-13-11(15)14-7-12(16)4-5-17-8-12/h2-3,16H,4-8H2,1H3,(H2,13,14,15). The molecule has 1 aliphatic heterocycles. The van der Waals surface area contributed by atoms with Crippen LogP contribution in [0.1, 0.15) is 16.2 Å². The number of hydrogen-bond donors (Lipinski definition) is 3. The minimum atomic E-state index is -0.721. The van der Waals surface area contributed by atoms with Gasteiger partial charge >= 0.3 is 6.03 Å². The molecule has 1 unspecified atom stereocenters. The Kier molecular flexibility index (Phi) is 4.53. The lowest BCUT2D eigenvalue weighted by molar-refractivity contribution is 0.0700. The van der Waals surface area contributed by atoms with Gasteiger partial charge in [-0.15, -0.1) is 11.3 Å². The third kappa shape index (κ3) is 3.90. The summed E-state index contributed by atoms with van der Waals surface area (Å²) in [6, 6.07) is 3.84. The Balaban J connectivity index is 1.69. The van der Waals surface area contributed by atoms with Gasteiger partial charge in [-0.1, -0.05) is 0 Å². The molecule has 2 rings (SSSR count). The van der Waals surface area contributed by atoms with Crippen LogP contribution in [0.2, 0.25) is 0 Å². The van der Waals surface area contributed by atoms with Crippen LogP contribution in [0.25, 0.3) is 0 Å². The van der Waals surface area contributed by atoms with Crippen LogP contribution in [0.15, 0.2) is 12.1 Å². The fourth-order valence-electron chi connectivity index (χ4n) is 1.79. The molecule has 1 aliphatic rings. The zero-order valence-electron chi connectivity index (χ0n) is 10.4. The lowest BCUT2D eigenvalue weighted by Crippen LogP contribution is -2.46. The molecule has 1 saturated heterocycles. The fraction of sp³-hybridized carbons (Fsp3) is 0.583. The van der Waals surface area contributed by atoms with Crippen molar-refractivity contribution in [1.82, 2.24) is 10.6 Å². The molecule has 0 spiro atoms. The van der Waals surface area contributed by atoms with Gasteiger partial charge in [0.2, 0.25) is 0 Å². The normalized spacial score (nSPS) is 23.0. The van der Waals surface area contributed by atoms with E-state index in [0.29, 0.717) is 18.8 Å². The Morgan fingerprint density at radius 1 is 1.50 bits per heavy atom. The van der Waals surface area contributed by atoms with Crippen molar-refractivity contribution in [2.45, 2.75) is 25.5 Å². The maximum Gasteiger partial charge on any atom is 0.315 e. The van der Waals surface area contributed by atoms with E-state index in [1.54, 1.807) is 23.1 Å². The fourth-order valence-corrected chi connectivity index (χ4v) is 3.92. The Labute approximate surface area is 115 Å². The predicted octanol–water partition coefficient (Wildman–Crippen LogP) is 1.72. The first-order chi connectivity index (χ1) is 8.57. The highest BCUT2D eigenvalue weighted by Gasteiger charge is 2.31. The number of carbonyl (C=O) groups is 1. The van der Waals surface area contributed by atoms with E-state index in [0.717, 1.165) is 17.1 Å². The molecule has 2 heterocycles. The van der Waals surface area contributed by atoms with Crippen molar-refractivity contribution >= 4 is 29.1 Å². The highest BCUT2D eigenvalue weighted by molar-refractivity contribution is 7.99. The van der Waals surface area contributed by atoms with E-state index in [1.807, 2.05) is 19.1 Å². The van der Waals surface area contributed by atoms with Gasteiger partial charge in [0.1, 0.15) is 0 Å². The third-order valence-electron chi connectivity index (χ3n) is 2.88. The van der Waals surface area contributed by atoms with Gasteiger partial charge in [-0.25, -0.2) is 4.79 Å². The molecule has 1 atom stereocenters. The minimum Gasteiger partial charge on any atom is -0.387 e. The van der Waals surface area contributed by atoms with Crippen LogP contribution in [0.3, 0.4) is 0 Å². The molecule has 0 aromatic carbocycles. The second kappa shape index (κ2) is 5.95. The molecule has 0 radical (unpaired) electrons. The summed E-state index contributed by atoms with van der Waals surface area (Å²) in [7, 11) is 0. The van der Waals surface area contributed by atoms with E-state index >= 15 is 0 Å². The molecule has 0 aliphatic carbocycles. The SMILES string of the molecule is Cc1ccc(CNC(=O)NCC2(O)CCSC2)s1. The molecular weight excluding hydrogens is 268 g/mol. The minimum absolute atomic E-state index is 0.216. The topological polar surface area (TPSA) is 61.4 Å². The number of thiophene rings is 1. The summed E-state index contributed by atoms with van der Waals surface area (Å²) in [5, 5.41) is 15.6. The smallest absolute Gasteiger partial charge is 0.315 e. The first kappa shape index (κ1) is 13.7. The Morgan fingerprint density at radius 3 is 2.94 bits per heavy atom. The van der Waals surface area contributed by atoms with Gasteiger partial charge in [-0.3, -0.25) is 0 Å². The summed E-state index contributed by atoms with van der Waals surface area (Å²) in [4.78, 5) is 14.0. The molecule has 6 heteroatoms. The molecule has 0 bridgehead atoms. The van der Waals surface area contributed by atoms with Gasteiger partial charge in [0.05, 0.1) is 12.1 Å². The van der Waals surface area contributed by atoms with Crippen LogP contribution in [0, 0.1) is 6.92 Å². The Bertz CT molecular complexity index is 414. The number of nitrogens with one attached hydrogen (secondary N) is 2. The molecule has 4 nitrogen and oxygen atoms in total. The molecule has 2 amide bonds. The zero-order valence-corrected chi connectivity index (χ0v) is 12.0. The first-order valence-corrected chi connectivity index (χ1v) is 7.92. The summed E-state index contributed by atoms with van der Waals surface area (Å²) in [5.41, 5.74) is -0.721. The summed E-state index contributed by atoms with van der Waals surface area (Å²) in [5.74, 6) is 1.67. The van der Waals surface area contributed by atoms with Gasteiger partial charge < -0.3 is 15.7 Å². The van der Waals surface area contributed by atoms with E-state index in [1.165, 1.54) is 4.88 Å². The quantitative estimate of drug-likeness (QED) is 0.790. The van der Waals surface area contributed by atoms with Crippen molar-refractivity contribution in [2.24, 2.45) is 0 Å². The number of carbonyl (C=O) groups excluding carboxylic acids is 1. The maximum atomic E-state index is 11.6. The van der Waals surface area contributed by atoms with Gasteiger partial charge in [0.25, 0.3) is 0 Å². The number of amides is 2. The van der Waals surface area contributed by atoms with E-state index in [4.69, 9.17) is 0 Å². The second-order valence-corrected chi connectivity index (χ2v) is 7.05. The number of rotatable bonds is 4.